The molecule has 9 heavy (non-hydrogen) atoms. The summed E-state index contributed by atoms with van der Waals surface area (Å²) in [7, 11) is 5.21. The van der Waals surface area contributed by atoms with Gasteiger partial charge < -0.3 is 4.90 Å². The lowest BCUT2D eigenvalue weighted by molar-refractivity contribution is -0.128. The van der Waals surface area contributed by atoms with E-state index in [1.54, 1.807) is 26.0 Å². The van der Waals surface area contributed by atoms with Gasteiger partial charge in [-0.3, -0.25) is 4.79 Å². The van der Waals surface area contributed by atoms with Gasteiger partial charge in [-0.05, 0) is 0 Å². The van der Waals surface area contributed by atoms with Gasteiger partial charge >= 0.3 is 0 Å². The molecule has 53 valence electrons. The number of nitrogens with zero attached hydrogens (tertiary/aromatic N) is 2. The molecule has 0 N–H and O–H groups in total. The van der Waals surface area contributed by atoms with Crippen molar-refractivity contribution in [3.8, 4) is 0 Å². The van der Waals surface area contributed by atoms with Crippen LogP contribution in [0.3, 0.4) is 0 Å². The van der Waals surface area contributed by atoms with E-state index in [-0.39, 0.29) is 5.91 Å². The number of carbonyl (C=O) groups is 1. The van der Waals surface area contributed by atoms with Gasteiger partial charge in [0.1, 0.15) is 0 Å². The molecule has 0 saturated carbocycles. The van der Waals surface area contributed by atoms with Crippen LogP contribution >= 0.6 is 0 Å². The van der Waals surface area contributed by atoms with Crippen molar-refractivity contribution in [2.24, 2.45) is 0 Å². The minimum Gasteiger partial charge on any atom is -0.349 e. The molecule has 0 unspecified atom stereocenters. The second-order valence-electron chi connectivity index (χ2n) is 2.08. The zero-order valence-corrected chi connectivity index (χ0v) is 6.22. The predicted octanol–water partition coefficient (Wildman–Crippen LogP) is -0.301. The van der Waals surface area contributed by atoms with Gasteiger partial charge in [-0.25, -0.2) is 5.32 Å². The molecule has 0 aromatic heterocycles. The minimum atomic E-state index is 0.139. The van der Waals surface area contributed by atoms with Crippen molar-refractivity contribution in [1.29, 1.82) is 0 Å². The summed E-state index contributed by atoms with van der Waals surface area (Å²) in [5.41, 5.74) is 0. The van der Waals surface area contributed by atoms with Gasteiger partial charge in [-0.15, -0.1) is 0 Å². The third-order valence-electron chi connectivity index (χ3n) is 1.05. The average molecular weight is 129 g/mol. The number of hydrogen-bond donors (Lipinski definition) is 0. The molecule has 0 aromatic carbocycles. The van der Waals surface area contributed by atoms with E-state index in [0.717, 1.165) is 0 Å². The van der Waals surface area contributed by atoms with Gasteiger partial charge in [0, 0.05) is 34.1 Å². The molecule has 0 rings (SSSR count). The highest BCUT2D eigenvalue weighted by Crippen LogP contribution is 1.83. The summed E-state index contributed by atoms with van der Waals surface area (Å²) in [5, 5.41) is 3.81. The summed E-state index contributed by atoms with van der Waals surface area (Å²) in [5.74, 6) is 0.139. The van der Waals surface area contributed by atoms with Crippen LogP contribution in [0.4, 0.5) is 0 Å². The first kappa shape index (κ1) is 8.43. The van der Waals surface area contributed by atoms with Crippen LogP contribution in [0.2, 0.25) is 0 Å². The summed E-state index contributed by atoms with van der Waals surface area (Å²) < 4.78 is 0. The highest BCUT2D eigenvalue weighted by Gasteiger charge is 2.00. The first-order chi connectivity index (χ1) is 4.18. The highest BCUT2D eigenvalue weighted by atomic mass is 16.2. The van der Waals surface area contributed by atoms with E-state index in [0.29, 0.717) is 13.0 Å². The maximum Gasteiger partial charge on any atom is 0.223 e. The lowest BCUT2D eigenvalue weighted by atomic mass is 10.4. The second kappa shape index (κ2) is 4.32. The summed E-state index contributed by atoms with van der Waals surface area (Å²) in [6, 6.07) is 0. The maximum absolute atomic E-state index is 10.8. The molecule has 0 fully saturated rings. The Morgan fingerprint density at radius 1 is 1.56 bits per heavy atom. The quantitative estimate of drug-likeness (QED) is 0.515. The van der Waals surface area contributed by atoms with Crippen LogP contribution in [0.1, 0.15) is 6.42 Å². The Bertz CT molecular complexity index is 91.1. The number of rotatable bonds is 3. The first-order valence-electron chi connectivity index (χ1n) is 2.94. The van der Waals surface area contributed by atoms with Crippen LogP contribution in [-0.2, 0) is 4.79 Å². The molecule has 0 aliphatic heterocycles. The van der Waals surface area contributed by atoms with Crippen LogP contribution < -0.4 is 5.32 Å². The molecule has 0 atom stereocenters. The van der Waals surface area contributed by atoms with E-state index in [9.17, 15) is 4.79 Å². The molecule has 3 heteroatoms. The van der Waals surface area contributed by atoms with Crippen molar-refractivity contribution in [3.05, 3.63) is 0 Å². The molecule has 1 amide bonds. The number of amides is 1. The molecular weight excluding hydrogens is 116 g/mol. The summed E-state index contributed by atoms with van der Waals surface area (Å²) in [4.78, 5) is 12.3. The van der Waals surface area contributed by atoms with Crippen LogP contribution in [0.15, 0.2) is 0 Å². The Morgan fingerprint density at radius 2 is 2.11 bits per heavy atom. The van der Waals surface area contributed by atoms with Crippen molar-refractivity contribution in [2.75, 3.05) is 27.7 Å². The van der Waals surface area contributed by atoms with Crippen molar-refractivity contribution >= 4 is 5.91 Å². The van der Waals surface area contributed by atoms with E-state index in [1.807, 2.05) is 0 Å². The molecule has 0 aliphatic carbocycles. The Balaban J connectivity index is 3.28. The smallest absolute Gasteiger partial charge is 0.223 e. The zero-order valence-electron chi connectivity index (χ0n) is 6.22. The molecule has 3 nitrogen and oxygen atoms in total. The summed E-state index contributed by atoms with van der Waals surface area (Å²) in [6.07, 6.45) is 0.531. The number of hydrogen-bond acceptors (Lipinski definition) is 1. The first-order valence-corrected chi connectivity index (χ1v) is 2.94. The van der Waals surface area contributed by atoms with Crippen molar-refractivity contribution in [3.63, 3.8) is 0 Å². The van der Waals surface area contributed by atoms with Crippen LogP contribution in [0, 0.1) is 0 Å². The van der Waals surface area contributed by atoms with Crippen molar-refractivity contribution in [1.82, 2.24) is 10.2 Å². The topological polar surface area (TPSA) is 34.4 Å². The molecule has 0 aromatic rings. The Kier molecular flexibility index (Phi) is 4.05. The maximum atomic E-state index is 10.8. The normalized spacial score (nSPS) is 9.22. The van der Waals surface area contributed by atoms with E-state index in [2.05, 4.69) is 5.32 Å². The van der Waals surface area contributed by atoms with E-state index >= 15 is 0 Å². The Morgan fingerprint density at radius 3 is 2.44 bits per heavy atom. The zero-order chi connectivity index (χ0) is 7.28. The lowest BCUT2D eigenvalue weighted by Crippen LogP contribution is -2.23. The Hall–Kier alpha value is -0.570. The minimum absolute atomic E-state index is 0.139. The van der Waals surface area contributed by atoms with Crippen LogP contribution in [0.25, 0.3) is 0 Å². The Labute approximate surface area is 56.0 Å². The monoisotopic (exact) mass is 129 g/mol. The standard InChI is InChI=1S/C6H13N2O/c1-7-5-4-6(9)8(2)3/h4-5H2,1-3H3. The molecule has 0 aliphatic rings. The SMILES string of the molecule is C[N]CCC(=O)N(C)C. The van der Waals surface area contributed by atoms with Crippen LogP contribution in [-0.4, -0.2) is 38.5 Å². The van der Waals surface area contributed by atoms with Crippen molar-refractivity contribution < 1.29 is 4.79 Å². The van der Waals surface area contributed by atoms with E-state index < -0.39 is 0 Å². The van der Waals surface area contributed by atoms with Gasteiger partial charge in [0.15, 0.2) is 0 Å². The van der Waals surface area contributed by atoms with Gasteiger partial charge in [-0.1, -0.05) is 0 Å². The predicted molar refractivity (Wildman–Crippen MR) is 36.2 cm³/mol. The third-order valence-corrected chi connectivity index (χ3v) is 1.05. The van der Waals surface area contributed by atoms with Gasteiger partial charge in [0.25, 0.3) is 0 Å². The number of carbonyl (C=O) groups excluding carboxylic acids is 1. The highest BCUT2D eigenvalue weighted by molar-refractivity contribution is 5.75. The summed E-state index contributed by atoms with van der Waals surface area (Å²) in [6.45, 7) is 0.636. The van der Waals surface area contributed by atoms with Gasteiger partial charge in [0.05, 0.1) is 0 Å². The van der Waals surface area contributed by atoms with E-state index in [1.165, 1.54) is 0 Å². The molecular formula is C6H13N2O. The lowest BCUT2D eigenvalue weighted by Gasteiger charge is -2.08. The van der Waals surface area contributed by atoms with Gasteiger partial charge in [0.2, 0.25) is 5.91 Å². The fourth-order valence-corrected chi connectivity index (χ4v) is 0.431. The third kappa shape index (κ3) is 3.97. The largest absolute Gasteiger partial charge is 0.349 e. The van der Waals surface area contributed by atoms with Gasteiger partial charge in [-0.2, -0.15) is 0 Å². The fourth-order valence-electron chi connectivity index (χ4n) is 0.431. The van der Waals surface area contributed by atoms with E-state index in [4.69, 9.17) is 0 Å². The summed E-state index contributed by atoms with van der Waals surface area (Å²) >= 11 is 0. The molecule has 0 heterocycles. The van der Waals surface area contributed by atoms with Crippen LogP contribution in [0.5, 0.6) is 0 Å². The van der Waals surface area contributed by atoms with Crippen molar-refractivity contribution in [2.45, 2.75) is 6.42 Å². The fraction of sp³-hybridized carbons (Fsp3) is 0.833. The molecule has 0 spiro atoms. The average Bonchev–Trinajstić information content (AvgIpc) is 1.82. The molecule has 1 radical (unpaired) electrons. The molecule has 0 saturated heterocycles. The second-order valence-corrected chi connectivity index (χ2v) is 2.08. The molecule has 0 bridgehead atoms.